The number of hydrogen-bond acceptors (Lipinski definition) is 5. The molecule has 166 valence electrons. The summed E-state index contributed by atoms with van der Waals surface area (Å²) >= 11 is 0. The SMILES string of the molecule is C[C@H](Nc1nccc(-n2cnc3cc(N4C[C@@H]5CCCN5C4=O)ccc32)n1)c1ccccc1. The first-order chi connectivity index (χ1) is 16.2. The summed E-state index contributed by atoms with van der Waals surface area (Å²) in [7, 11) is 0. The fourth-order valence-corrected chi connectivity index (χ4v) is 4.86. The quantitative estimate of drug-likeness (QED) is 0.499. The topological polar surface area (TPSA) is 79.2 Å². The molecular weight excluding hydrogens is 414 g/mol. The number of nitrogens with zero attached hydrogens (tertiary/aromatic N) is 6. The Morgan fingerprint density at radius 2 is 1.97 bits per heavy atom. The Hall–Kier alpha value is -3.94. The van der Waals surface area contributed by atoms with Gasteiger partial charge in [-0.25, -0.2) is 14.8 Å². The number of amides is 2. The molecule has 2 aromatic carbocycles. The van der Waals surface area contributed by atoms with Gasteiger partial charge in [0.2, 0.25) is 5.95 Å². The highest BCUT2D eigenvalue weighted by molar-refractivity contribution is 5.96. The second-order valence-electron chi connectivity index (χ2n) is 8.69. The van der Waals surface area contributed by atoms with Crippen molar-refractivity contribution in [2.45, 2.75) is 31.8 Å². The van der Waals surface area contributed by atoms with Crippen molar-refractivity contribution in [2.24, 2.45) is 0 Å². The van der Waals surface area contributed by atoms with E-state index < -0.39 is 0 Å². The third kappa shape index (κ3) is 3.47. The van der Waals surface area contributed by atoms with Gasteiger partial charge in [0, 0.05) is 25.0 Å². The molecule has 0 bridgehead atoms. The summed E-state index contributed by atoms with van der Waals surface area (Å²) in [5.74, 6) is 1.30. The van der Waals surface area contributed by atoms with Crippen LogP contribution >= 0.6 is 0 Å². The summed E-state index contributed by atoms with van der Waals surface area (Å²) in [5, 5.41) is 3.37. The maximum atomic E-state index is 12.8. The summed E-state index contributed by atoms with van der Waals surface area (Å²) in [6, 6.07) is 18.6. The van der Waals surface area contributed by atoms with Gasteiger partial charge < -0.3 is 10.2 Å². The van der Waals surface area contributed by atoms with E-state index in [0.717, 1.165) is 48.5 Å². The average Bonchev–Trinajstić information content (AvgIpc) is 3.55. The van der Waals surface area contributed by atoms with E-state index in [4.69, 9.17) is 4.98 Å². The van der Waals surface area contributed by atoms with Gasteiger partial charge >= 0.3 is 6.03 Å². The molecule has 1 N–H and O–H groups in total. The Bertz CT molecular complexity index is 1320. The van der Waals surface area contributed by atoms with Crippen LogP contribution in [0.25, 0.3) is 16.9 Å². The van der Waals surface area contributed by atoms with Crippen LogP contribution in [0.5, 0.6) is 0 Å². The van der Waals surface area contributed by atoms with Crippen LogP contribution in [0.4, 0.5) is 16.4 Å². The van der Waals surface area contributed by atoms with Gasteiger partial charge in [-0.05, 0) is 49.6 Å². The van der Waals surface area contributed by atoms with Gasteiger partial charge in [0.25, 0.3) is 0 Å². The lowest BCUT2D eigenvalue weighted by Gasteiger charge is -2.17. The first kappa shape index (κ1) is 19.7. The van der Waals surface area contributed by atoms with E-state index in [9.17, 15) is 4.79 Å². The lowest BCUT2D eigenvalue weighted by Crippen LogP contribution is -2.31. The van der Waals surface area contributed by atoms with E-state index in [1.165, 1.54) is 5.56 Å². The van der Waals surface area contributed by atoms with Gasteiger partial charge in [0.15, 0.2) is 0 Å². The minimum atomic E-state index is 0.0803. The fourth-order valence-electron chi connectivity index (χ4n) is 4.86. The first-order valence-electron chi connectivity index (χ1n) is 11.4. The summed E-state index contributed by atoms with van der Waals surface area (Å²) in [4.78, 5) is 30.3. The molecule has 2 aromatic heterocycles. The van der Waals surface area contributed by atoms with E-state index in [2.05, 4.69) is 34.3 Å². The van der Waals surface area contributed by atoms with Gasteiger partial charge in [-0.15, -0.1) is 0 Å². The maximum absolute atomic E-state index is 12.8. The number of benzene rings is 2. The Morgan fingerprint density at radius 3 is 2.82 bits per heavy atom. The lowest BCUT2D eigenvalue weighted by atomic mass is 10.1. The highest BCUT2D eigenvalue weighted by atomic mass is 16.2. The number of hydrogen-bond donors (Lipinski definition) is 1. The van der Waals surface area contributed by atoms with Crippen molar-refractivity contribution in [1.29, 1.82) is 0 Å². The second-order valence-corrected chi connectivity index (χ2v) is 8.69. The number of imidazole rings is 1. The van der Waals surface area contributed by atoms with E-state index in [1.54, 1.807) is 12.5 Å². The number of anilines is 2. The zero-order valence-electron chi connectivity index (χ0n) is 18.4. The Morgan fingerprint density at radius 1 is 1.09 bits per heavy atom. The van der Waals surface area contributed by atoms with Crippen LogP contribution in [0.2, 0.25) is 0 Å². The number of nitrogens with one attached hydrogen (secondary N) is 1. The molecule has 2 aliphatic rings. The standard InChI is InChI=1S/C25H25N7O/c1-17(18-6-3-2-4-7-18)28-24-26-12-11-23(29-24)32-16-27-21-14-19(9-10-22(21)32)31-15-20-8-5-13-30(20)25(31)33/h2-4,6-7,9-12,14,16-17,20H,5,8,13,15H2,1H3,(H,26,28,29)/t17-,20-/m0/s1. The molecule has 4 aromatic rings. The largest absolute Gasteiger partial charge is 0.348 e. The third-order valence-electron chi connectivity index (χ3n) is 6.62. The number of carbonyl (C=O) groups excluding carboxylic acids is 1. The minimum Gasteiger partial charge on any atom is -0.348 e. The van der Waals surface area contributed by atoms with Gasteiger partial charge in [0.1, 0.15) is 12.1 Å². The molecule has 6 rings (SSSR count). The Kier molecular flexibility index (Phi) is 4.71. The summed E-state index contributed by atoms with van der Waals surface area (Å²) in [6.07, 6.45) is 5.71. The third-order valence-corrected chi connectivity index (χ3v) is 6.62. The van der Waals surface area contributed by atoms with Crippen LogP contribution in [-0.2, 0) is 0 Å². The molecule has 0 aliphatic carbocycles. The predicted molar refractivity (Wildman–Crippen MR) is 128 cm³/mol. The molecule has 2 fully saturated rings. The van der Waals surface area contributed by atoms with Crippen LogP contribution in [0.15, 0.2) is 67.1 Å². The van der Waals surface area contributed by atoms with Crippen molar-refractivity contribution in [3.05, 3.63) is 72.7 Å². The molecule has 2 atom stereocenters. The molecule has 0 unspecified atom stereocenters. The molecule has 0 spiro atoms. The van der Waals surface area contributed by atoms with Crippen molar-refractivity contribution < 1.29 is 4.79 Å². The van der Waals surface area contributed by atoms with E-state index in [0.29, 0.717) is 12.0 Å². The molecule has 4 heterocycles. The molecule has 8 nitrogen and oxygen atoms in total. The highest BCUT2D eigenvalue weighted by Gasteiger charge is 2.40. The van der Waals surface area contributed by atoms with Gasteiger partial charge in [-0.3, -0.25) is 9.47 Å². The van der Waals surface area contributed by atoms with E-state index in [-0.39, 0.29) is 12.1 Å². The highest BCUT2D eigenvalue weighted by Crippen LogP contribution is 2.32. The van der Waals surface area contributed by atoms with Crippen molar-refractivity contribution in [1.82, 2.24) is 24.4 Å². The molecule has 33 heavy (non-hydrogen) atoms. The smallest absolute Gasteiger partial charge is 0.324 e. The zero-order chi connectivity index (χ0) is 22.4. The summed E-state index contributed by atoms with van der Waals surface area (Å²) in [6.45, 7) is 3.71. The predicted octanol–water partition coefficient (Wildman–Crippen LogP) is 4.39. The fraction of sp³-hybridized carbons (Fsp3) is 0.280. The Labute approximate surface area is 191 Å². The van der Waals surface area contributed by atoms with Crippen LogP contribution in [0, 0.1) is 0 Å². The summed E-state index contributed by atoms with van der Waals surface area (Å²) < 4.78 is 1.95. The molecular formula is C25H25N7O. The van der Waals surface area contributed by atoms with E-state index in [1.807, 2.05) is 56.8 Å². The van der Waals surface area contributed by atoms with Crippen molar-refractivity contribution in [2.75, 3.05) is 23.3 Å². The average molecular weight is 440 g/mol. The number of urea groups is 1. The van der Waals surface area contributed by atoms with E-state index >= 15 is 0 Å². The first-order valence-corrected chi connectivity index (χ1v) is 11.4. The second kappa shape index (κ2) is 7.88. The van der Waals surface area contributed by atoms with Crippen LogP contribution in [0.3, 0.4) is 0 Å². The monoisotopic (exact) mass is 439 g/mol. The lowest BCUT2D eigenvalue weighted by molar-refractivity contribution is 0.219. The molecule has 2 amide bonds. The molecule has 0 radical (unpaired) electrons. The molecule has 8 heteroatoms. The molecule has 2 saturated heterocycles. The van der Waals surface area contributed by atoms with Crippen LogP contribution in [0.1, 0.15) is 31.4 Å². The molecule has 0 saturated carbocycles. The number of carbonyl (C=O) groups is 1. The van der Waals surface area contributed by atoms with Gasteiger partial charge in [-0.2, -0.15) is 4.98 Å². The van der Waals surface area contributed by atoms with Crippen molar-refractivity contribution in [3.8, 4) is 5.82 Å². The van der Waals surface area contributed by atoms with Gasteiger partial charge in [0.05, 0.1) is 23.1 Å². The summed E-state index contributed by atoms with van der Waals surface area (Å²) in [5.41, 5.74) is 3.84. The van der Waals surface area contributed by atoms with Crippen molar-refractivity contribution >= 4 is 28.7 Å². The maximum Gasteiger partial charge on any atom is 0.324 e. The van der Waals surface area contributed by atoms with Gasteiger partial charge in [-0.1, -0.05) is 30.3 Å². The number of fused-ring (bicyclic) bond motifs is 2. The van der Waals surface area contributed by atoms with Crippen LogP contribution in [-0.4, -0.2) is 49.6 Å². The number of aromatic nitrogens is 4. The zero-order valence-corrected chi connectivity index (χ0v) is 18.4. The normalized spacial score (nSPS) is 18.7. The van der Waals surface area contributed by atoms with Crippen LogP contribution < -0.4 is 10.2 Å². The van der Waals surface area contributed by atoms with Crippen molar-refractivity contribution in [3.63, 3.8) is 0 Å². The molecule has 2 aliphatic heterocycles. The Balaban J connectivity index is 1.26. The minimum absolute atomic E-state index is 0.0803. The number of rotatable bonds is 5.